The van der Waals surface area contributed by atoms with E-state index in [9.17, 15) is 26.7 Å². The third kappa shape index (κ3) is 6.33. The molecule has 3 heterocycles. The molecule has 2 aliphatic heterocycles. The van der Waals surface area contributed by atoms with Gasteiger partial charge in [0.15, 0.2) is 0 Å². The maximum Gasteiger partial charge on any atom is 0.490 e. The minimum Gasteiger partial charge on any atom is -0.475 e. The van der Waals surface area contributed by atoms with Crippen LogP contribution in [0.15, 0.2) is 42.5 Å². The van der Waals surface area contributed by atoms with E-state index < -0.39 is 23.9 Å². The number of amides is 1. The van der Waals surface area contributed by atoms with Gasteiger partial charge in [-0.05, 0) is 73.2 Å². The lowest BCUT2D eigenvalue weighted by atomic mass is 9.89. The standard InChI is InChI=1S/C25H24F2N4O.C2HF3O2/c26-22-13-19-17(7-10-30-25(19)32)11-20(22)21-12-18(23(27)31-24(21)28)16-3-1-14(2-4-16)15-5-8-29-9-6-15;3-2(4,5)1(6)7/h1-4,11-13,15,29H,5-10H2,(H2,28,31)(H,30,32);(H,6,7). The van der Waals surface area contributed by atoms with Gasteiger partial charge in [0, 0.05) is 28.8 Å². The van der Waals surface area contributed by atoms with Crippen molar-refractivity contribution >= 4 is 17.7 Å². The Labute approximate surface area is 220 Å². The number of nitrogens with one attached hydrogen (secondary N) is 2. The molecule has 3 aromatic rings. The average Bonchev–Trinajstić information content (AvgIpc) is 2.90. The molecule has 0 radical (unpaired) electrons. The predicted octanol–water partition coefficient (Wildman–Crippen LogP) is 4.66. The van der Waals surface area contributed by atoms with E-state index in [4.69, 9.17) is 15.6 Å². The Kier molecular flexibility index (Phi) is 8.14. The van der Waals surface area contributed by atoms with Crippen LogP contribution < -0.4 is 16.4 Å². The van der Waals surface area contributed by atoms with Crippen molar-refractivity contribution in [2.45, 2.75) is 31.4 Å². The molecule has 1 fully saturated rings. The summed E-state index contributed by atoms with van der Waals surface area (Å²) in [6.07, 6.45) is -2.33. The van der Waals surface area contributed by atoms with Crippen molar-refractivity contribution < 1.29 is 36.6 Å². The van der Waals surface area contributed by atoms with Crippen molar-refractivity contribution in [3.8, 4) is 22.3 Å². The third-order valence-corrected chi connectivity index (χ3v) is 6.69. The molecule has 39 heavy (non-hydrogen) atoms. The van der Waals surface area contributed by atoms with Crippen molar-refractivity contribution in [3.63, 3.8) is 0 Å². The van der Waals surface area contributed by atoms with E-state index in [1.807, 2.05) is 24.3 Å². The number of fused-ring (bicyclic) bond motifs is 1. The number of nitrogen functional groups attached to an aromatic ring is 1. The van der Waals surface area contributed by atoms with E-state index in [0.717, 1.165) is 31.5 Å². The first-order valence-corrected chi connectivity index (χ1v) is 12.1. The first-order chi connectivity index (χ1) is 18.5. The number of aliphatic carboxylic acids is 1. The fourth-order valence-electron chi connectivity index (χ4n) is 4.66. The SMILES string of the molecule is Nc1nc(F)c(-c2ccc(C3CCNCC3)cc2)cc1-c1cc2c(cc1F)C(=O)NCC2.O=C(O)C(F)(F)F. The van der Waals surface area contributed by atoms with Crippen LogP contribution in [0.3, 0.4) is 0 Å². The molecule has 2 aromatic carbocycles. The number of halogens is 5. The first-order valence-electron chi connectivity index (χ1n) is 12.1. The molecule has 5 rings (SSSR count). The fourth-order valence-corrected chi connectivity index (χ4v) is 4.66. The molecule has 206 valence electrons. The summed E-state index contributed by atoms with van der Waals surface area (Å²) in [4.78, 5) is 24.8. The van der Waals surface area contributed by atoms with Crippen LogP contribution in [0.1, 0.15) is 40.2 Å². The summed E-state index contributed by atoms with van der Waals surface area (Å²) >= 11 is 0. The lowest BCUT2D eigenvalue weighted by molar-refractivity contribution is -0.192. The molecular weight excluding hydrogens is 523 g/mol. The number of carbonyl (C=O) groups excluding carboxylic acids is 1. The molecule has 1 aromatic heterocycles. The average molecular weight is 549 g/mol. The summed E-state index contributed by atoms with van der Waals surface area (Å²) in [7, 11) is 0. The number of nitrogens with two attached hydrogens (primary N) is 1. The van der Waals surface area contributed by atoms with Crippen molar-refractivity contribution in [3.05, 3.63) is 70.9 Å². The van der Waals surface area contributed by atoms with Gasteiger partial charge in [-0.2, -0.15) is 17.6 Å². The van der Waals surface area contributed by atoms with Gasteiger partial charge in [0.05, 0.1) is 0 Å². The molecular formula is C27H25F5N4O3. The lowest BCUT2D eigenvalue weighted by Crippen LogP contribution is -2.32. The number of piperidine rings is 1. The zero-order chi connectivity index (χ0) is 28.3. The Bertz CT molecular complexity index is 1390. The predicted molar refractivity (Wildman–Crippen MR) is 134 cm³/mol. The molecule has 12 heteroatoms. The monoisotopic (exact) mass is 548 g/mol. The maximum atomic E-state index is 14.9. The van der Waals surface area contributed by atoms with Crippen molar-refractivity contribution in [1.29, 1.82) is 0 Å². The number of nitrogens with zero attached hydrogens (tertiary/aromatic N) is 1. The van der Waals surface area contributed by atoms with E-state index in [1.54, 1.807) is 12.1 Å². The Balaban J connectivity index is 0.000000448. The highest BCUT2D eigenvalue weighted by atomic mass is 19.4. The number of carboxylic acids is 1. The number of anilines is 1. The molecule has 2 aliphatic rings. The van der Waals surface area contributed by atoms with Gasteiger partial charge in [-0.25, -0.2) is 14.2 Å². The number of hydrogen-bond acceptors (Lipinski definition) is 5. The summed E-state index contributed by atoms with van der Waals surface area (Å²) in [6, 6.07) is 12.2. The largest absolute Gasteiger partial charge is 0.490 e. The van der Waals surface area contributed by atoms with Gasteiger partial charge in [0.25, 0.3) is 5.91 Å². The quantitative estimate of drug-likeness (QED) is 0.279. The number of pyridine rings is 1. The molecule has 0 aliphatic carbocycles. The molecule has 5 N–H and O–H groups in total. The Morgan fingerprint density at radius 2 is 1.59 bits per heavy atom. The number of rotatable bonds is 3. The van der Waals surface area contributed by atoms with Gasteiger partial charge in [-0.1, -0.05) is 24.3 Å². The zero-order valence-electron chi connectivity index (χ0n) is 20.5. The van der Waals surface area contributed by atoms with Crippen LogP contribution in [-0.4, -0.2) is 47.8 Å². The van der Waals surface area contributed by atoms with Crippen molar-refractivity contribution in [2.24, 2.45) is 0 Å². The van der Waals surface area contributed by atoms with Crippen LogP contribution in [0.5, 0.6) is 0 Å². The molecule has 0 atom stereocenters. The van der Waals surface area contributed by atoms with Crippen LogP contribution in [0.4, 0.5) is 27.8 Å². The van der Waals surface area contributed by atoms with Crippen LogP contribution in [-0.2, 0) is 11.2 Å². The maximum absolute atomic E-state index is 14.9. The van der Waals surface area contributed by atoms with Crippen LogP contribution in [0.25, 0.3) is 22.3 Å². The van der Waals surface area contributed by atoms with E-state index in [-0.39, 0.29) is 22.9 Å². The number of hydrogen-bond donors (Lipinski definition) is 4. The summed E-state index contributed by atoms with van der Waals surface area (Å²) in [5, 5.41) is 13.2. The highest BCUT2D eigenvalue weighted by Crippen LogP contribution is 2.35. The molecule has 7 nitrogen and oxygen atoms in total. The first kappa shape index (κ1) is 28.0. The highest BCUT2D eigenvalue weighted by molar-refractivity contribution is 5.97. The van der Waals surface area contributed by atoms with E-state index in [2.05, 4.69) is 15.6 Å². The smallest absolute Gasteiger partial charge is 0.475 e. The molecule has 0 unspecified atom stereocenters. The summed E-state index contributed by atoms with van der Waals surface area (Å²) < 4.78 is 61.5. The Hall–Kier alpha value is -4.06. The van der Waals surface area contributed by atoms with Crippen LogP contribution in [0.2, 0.25) is 0 Å². The van der Waals surface area contributed by atoms with Gasteiger partial charge < -0.3 is 21.5 Å². The summed E-state index contributed by atoms with van der Waals surface area (Å²) in [5.74, 6) is -3.93. The molecule has 0 bridgehead atoms. The van der Waals surface area contributed by atoms with Gasteiger partial charge in [0.1, 0.15) is 11.6 Å². The fraction of sp³-hybridized carbons (Fsp3) is 0.296. The second-order valence-electron chi connectivity index (χ2n) is 9.20. The second-order valence-corrected chi connectivity index (χ2v) is 9.20. The van der Waals surface area contributed by atoms with Crippen LogP contribution >= 0.6 is 0 Å². The zero-order valence-corrected chi connectivity index (χ0v) is 20.5. The summed E-state index contributed by atoms with van der Waals surface area (Å²) in [5.41, 5.74) is 9.74. The Morgan fingerprint density at radius 1 is 0.949 bits per heavy atom. The van der Waals surface area contributed by atoms with E-state index in [1.165, 1.54) is 11.6 Å². The van der Waals surface area contributed by atoms with Crippen molar-refractivity contribution in [1.82, 2.24) is 15.6 Å². The third-order valence-electron chi connectivity index (χ3n) is 6.69. The molecule has 0 saturated carbocycles. The van der Waals surface area contributed by atoms with Gasteiger partial charge in [-0.3, -0.25) is 4.79 Å². The van der Waals surface area contributed by atoms with E-state index in [0.29, 0.717) is 35.6 Å². The Morgan fingerprint density at radius 3 is 2.21 bits per heavy atom. The van der Waals surface area contributed by atoms with Crippen LogP contribution in [0, 0.1) is 11.8 Å². The normalized spacial score (nSPS) is 15.6. The minimum absolute atomic E-state index is 0.0864. The molecule has 1 amide bonds. The number of aromatic nitrogens is 1. The highest BCUT2D eigenvalue weighted by Gasteiger charge is 2.38. The number of carboxylic acid groups (broad SMARTS) is 1. The number of carbonyl (C=O) groups is 2. The number of benzene rings is 2. The summed E-state index contributed by atoms with van der Waals surface area (Å²) in [6.45, 7) is 2.49. The van der Waals surface area contributed by atoms with Gasteiger partial charge >= 0.3 is 12.1 Å². The lowest BCUT2D eigenvalue weighted by Gasteiger charge is -2.23. The van der Waals surface area contributed by atoms with Gasteiger partial charge in [0.2, 0.25) is 5.95 Å². The van der Waals surface area contributed by atoms with Gasteiger partial charge in [-0.15, -0.1) is 0 Å². The van der Waals surface area contributed by atoms with E-state index >= 15 is 0 Å². The molecule has 1 saturated heterocycles. The minimum atomic E-state index is -5.08. The molecule has 0 spiro atoms. The second kappa shape index (κ2) is 11.4. The topological polar surface area (TPSA) is 117 Å². The van der Waals surface area contributed by atoms with Crippen molar-refractivity contribution in [2.75, 3.05) is 25.4 Å². The number of alkyl halides is 3.